The number of rotatable bonds is 3. The van der Waals surface area contributed by atoms with E-state index in [0.717, 1.165) is 6.54 Å². The molecule has 1 rings (SSSR count). The Morgan fingerprint density at radius 2 is 1.73 bits per heavy atom. The van der Waals surface area contributed by atoms with Gasteiger partial charge in [0.25, 0.3) is 0 Å². The summed E-state index contributed by atoms with van der Waals surface area (Å²) in [6.45, 7) is 3.36. The Bertz CT molecular complexity index is 174. The molecule has 1 aromatic rings. The van der Waals surface area contributed by atoms with Gasteiger partial charge in [-0.3, -0.25) is 0 Å². The fourth-order valence-corrected chi connectivity index (χ4v) is 0.924. The van der Waals surface area contributed by atoms with Crippen LogP contribution in [0.15, 0.2) is 30.6 Å². The largest absolute Gasteiger partial charge is 0.205 e. The Labute approximate surface area is 78.9 Å². The number of unbranched alkanes of at least 4 members (excludes halogenated alkanes) is 1. The van der Waals surface area contributed by atoms with E-state index in [1.807, 2.05) is 6.07 Å². The molecule has 0 aliphatic rings. The van der Waals surface area contributed by atoms with Gasteiger partial charge >= 0.3 is 0 Å². The van der Waals surface area contributed by atoms with Gasteiger partial charge in [0.05, 0.1) is 0 Å². The molecular weight excluding hydrogens is 178 g/mol. The van der Waals surface area contributed by atoms with Gasteiger partial charge in [-0.25, -0.2) is 4.57 Å². The van der Waals surface area contributed by atoms with Crippen LogP contribution in [0.2, 0.25) is 0 Å². The third kappa shape index (κ3) is 4.18. The predicted octanol–water partition coefficient (Wildman–Crippen LogP) is 1.77. The molecule has 0 aromatic carbocycles. The molecule has 0 amide bonds. The van der Waals surface area contributed by atoms with Gasteiger partial charge in [-0.15, -0.1) is 0 Å². The van der Waals surface area contributed by atoms with Crippen molar-refractivity contribution in [2.75, 3.05) is 0 Å². The summed E-state index contributed by atoms with van der Waals surface area (Å²) >= 11 is 0. The molecule has 0 N–H and O–H groups in total. The maximum absolute atomic E-state index is 2.21. The van der Waals surface area contributed by atoms with Crippen molar-refractivity contribution in [1.29, 1.82) is 0 Å². The summed E-state index contributed by atoms with van der Waals surface area (Å²) < 4.78 is 2.21. The SMILES string of the molecule is CCCC[n+]1ccccc1.[Fe]. The molecule has 0 fully saturated rings. The van der Waals surface area contributed by atoms with Crippen LogP contribution in [0.4, 0.5) is 0 Å². The van der Waals surface area contributed by atoms with Gasteiger partial charge in [-0.1, -0.05) is 19.4 Å². The Balaban J connectivity index is 0.000001000. The fraction of sp³-hybridized carbons (Fsp3) is 0.444. The number of pyridine rings is 1. The molecule has 62 valence electrons. The average molecular weight is 192 g/mol. The summed E-state index contributed by atoms with van der Waals surface area (Å²) in [4.78, 5) is 0. The summed E-state index contributed by atoms with van der Waals surface area (Å²) in [7, 11) is 0. The van der Waals surface area contributed by atoms with Crippen molar-refractivity contribution >= 4 is 0 Å². The van der Waals surface area contributed by atoms with Crippen LogP contribution in [-0.4, -0.2) is 0 Å². The molecule has 1 nitrogen and oxygen atoms in total. The van der Waals surface area contributed by atoms with Crippen LogP contribution in [0, 0.1) is 0 Å². The van der Waals surface area contributed by atoms with Crippen molar-refractivity contribution in [2.24, 2.45) is 0 Å². The van der Waals surface area contributed by atoms with Crippen molar-refractivity contribution in [3.8, 4) is 0 Å². The van der Waals surface area contributed by atoms with Crippen LogP contribution in [0.3, 0.4) is 0 Å². The monoisotopic (exact) mass is 192 g/mol. The molecule has 0 bridgehead atoms. The minimum absolute atomic E-state index is 0. The summed E-state index contributed by atoms with van der Waals surface area (Å²) in [5, 5.41) is 0. The second-order valence-electron chi connectivity index (χ2n) is 2.47. The van der Waals surface area contributed by atoms with Gasteiger partial charge in [0.2, 0.25) is 0 Å². The molecule has 0 aliphatic heterocycles. The summed E-state index contributed by atoms with van der Waals surface area (Å²) in [5.74, 6) is 0. The van der Waals surface area contributed by atoms with Gasteiger partial charge in [0.1, 0.15) is 6.54 Å². The zero-order valence-corrected chi connectivity index (χ0v) is 7.91. The van der Waals surface area contributed by atoms with E-state index in [4.69, 9.17) is 0 Å². The first kappa shape index (κ1) is 10.7. The van der Waals surface area contributed by atoms with Gasteiger partial charge in [-0.05, 0) is 0 Å². The molecule has 0 unspecified atom stereocenters. The van der Waals surface area contributed by atoms with Gasteiger partial charge in [0.15, 0.2) is 12.4 Å². The van der Waals surface area contributed by atoms with Crippen LogP contribution in [0.5, 0.6) is 0 Å². The van der Waals surface area contributed by atoms with E-state index in [-0.39, 0.29) is 17.1 Å². The van der Waals surface area contributed by atoms with E-state index in [0.29, 0.717) is 0 Å². The van der Waals surface area contributed by atoms with Crippen LogP contribution in [0.1, 0.15) is 19.8 Å². The van der Waals surface area contributed by atoms with E-state index >= 15 is 0 Å². The third-order valence-electron chi connectivity index (χ3n) is 1.55. The first-order chi connectivity index (χ1) is 4.93. The molecule has 0 atom stereocenters. The summed E-state index contributed by atoms with van der Waals surface area (Å²) in [6.07, 6.45) is 6.75. The molecule has 2 heteroatoms. The zero-order valence-electron chi connectivity index (χ0n) is 6.81. The maximum Gasteiger partial charge on any atom is 0.168 e. The van der Waals surface area contributed by atoms with E-state index in [2.05, 4.69) is 36.0 Å². The third-order valence-corrected chi connectivity index (χ3v) is 1.55. The van der Waals surface area contributed by atoms with Gasteiger partial charge < -0.3 is 0 Å². The Morgan fingerprint density at radius 3 is 2.27 bits per heavy atom. The van der Waals surface area contributed by atoms with Crippen LogP contribution in [-0.2, 0) is 23.6 Å². The Hall–Kier alpha value is -0.331. The minimum Gasteiger partial charge on any atom is -0.205 e. The molecule has 1 heterocycles. The molecule has 11 heavy (non-hydrogen) atoms. The van der Waals surface area contributed by atoms with Gasteiger partial charge in [0, 0.05) is 35.6 Å². The van der Waals surface area contributed by atoms with Crippen molar-refractivity contribution in [1.82, 2.24) is 0 Å². The van der Waals surface area contributed by atoms with Crippen LogP contribution in [0.25, 0.3) is 0 Å². The Morgan fingerprint density at radius 1 is 1.09 bits per heavy atom. The molecule has 1 aromatic heterocycles. The first-order valence-electron chi connectivity index (χ1n) is 3.87. The van der Waals surface area contributed by atoms with E-state index < -0.39 is 0 Å². The van der Waals surface area contributed by atoms with Gasteiger partial charge in [-0.2, -0.15) is 0 Å². The number of hydrogen-bond acceptors (Lipinski definition) is 0. The van der Waals surface area contributed by atoms with E-state index in [9.17, 15) is 0 Å². The number of aromatic nitrogens is 1. The number of aryl methyl sites for hydroxylation is 1. The summed E-state index contributed by atoms with van der Waals surface area (Å²) in [5.41, 5.74) is 0. The fourth-order valence-electron chi connectivity index (χ4n) is 0.924. The first-order valence-corrected chi connectivity index (χ1v) is 3.87. The van der Waals surface area contributed by atoms with Crippen molar-refractivity contribution in [2.45, 2.75) is 26.3 Å². The standard InChI is InChI=1S/C9H14N.Fe/c1-2-3-7-10-8-5-4-6-9-10;/h4-6,8-9H,2-3,7H2,1H3;/q+1;. The smallest absolute Gasteiger partial charge is 0.168 e. The summed E-state index contributed by atoms with van der Waals surface area (Å²) in [6, 6.07) is 6.17. The van der Waals surface area contributed by atoms with E-state index in [1.165, 1.54) is 12.8 Å². The minimum atomic E-state index is 0. The second-order valence-corrected chi connectivity index (χ2v) is 2.47. The molecule has 0 aliphatic carbocycles. The molecule has 0 saturated carbocycles. The predicted molar refractivity (Wildman–Crippen MR) is 41.5 cm³/mol. The number of hydrogen-bond donors (Lipinski definition) is 0. The van der Waals surface area contributed by atoms with E-state index in [1.54, 1.807) is 0 Å². The Kier molecular flexibility index (Phi) is 6.19. The van der Waals surface area contributed by atoms with Crippen LogP contribution >= 0.6 is 0 Å². The van der Waals surface area contributed by atoms with Crippen molar-refractivity contribution in [3.05, 3.63) is 30.6 Å². The molecule has 0 radical (unpaired) electrons. The van der Waals surface area contributed by atoms with Crippen molar-refractivity contribution < 1.29 is 21.6 Å². The molecule has 0 spiro atoms. The molecule has 0 saturated heterocycles. The van der Waals surface area contributed by atoms with Crippen molar-refractivity contribution in [3.63, 3.8) is 0 Å². The average Bonchev–Trinajstić information content (AvgIpc) is 2.03. The molecular formula is C9H14FeN+. The quantitative estimate of drug-likeness (QED) is 0.507. The second kappa shape index (κ2) is 6.38. The number of nitrogens with zero attached hydrogens (tertiary/aromatic N) is 1. The maximum atomic E-state index is 2.21. The normalized spacial score (nSPS) is 8.82. The van der Waals surface area contributed by atoms with Crippen LogP contribution < -0.4 is 4.57 Å². The topological polar surface area (TPSA) is 3.88 Å². The zero-order chi connectivity index (χ0) is 7.23.